The summed E-state index contributed by atoms with van der Waals surface area (Å²) in [6.45, 7) is 9.44. The van der Waals surface area contributed by atoms with E-state index in [1.807, 2.05) is 0 Å². The van der Waals surface area contributed by atoms with Gasteiger partial charge < -0.3 is 0 Å². The summed E-state index contributed by atoms with van der Waals surface area (Å²) >= 11 is 0. The van der Waals surface area contributed by atoms with Crippen LogP contribution in [0.5, 0.6) is 0 Å². The van der Waals surface area contributed by atoms with Crippen LogP contribution in [0.3, 0.4) is 0 Å². The molecule has 0 bridgehead atoms. The maximum atomic E-state index is 2.41. The average molecular weight is 353 g/mol. The molecular formula is C25H52. The first kappa shape index (κ1) is 25.0. The zero-order chi connectivity index (χ0) is 18.6. The predicted octanol–water partition coefficient (Wildman–Crippen LogP) is 9.71. The molecule has 0 nitrogen and oxygen atoms in total. The monoisotopic (exact) mass is 352 g/mol. The number of unbranched alkanes of at least 4 members (excludes halogenated alkanes) is 17. The lowest BCUT2D eigenvalue weighted by atomic mass is 9.92. The maximum Gasteiger partial charge on any atom is -0.0420 e. The van der Waals surface area contributed by atoms with Crippen LogP contribution in [-0.4, -0.2) is 0 Å². The van der Waals surface area contributed by atoms with Gasteiger partial charge in [-0.3, -0.25) is 0 Å². The van der Waals surface area contributed by atoms with Gasteiger partial charge in [0.2, 0.25) is 0 Å². The van der Waals surface area contributed by atoms with Crippen molar-refractivity contribution in [3.8, 4) is 0 Å². The molecule has 0 aliphatic carbocycles. The molecule has 1 atom stereocenters. The van der Waals surface area contributed by atoms with Crippen molar-refractivity contribution in [2.75, 3.05) is 0 Å². The first-order valence-corrected chi connectivity index (χ1v) is 12.2. The Labute approximate surface area is 161 Å². The van der Waals surface area contributed by atoms with Gasteiger partial charge in [0.15, 0.2) is 0 Å². The Balaban J connectivity index is 3.03. The molecule has 0 heterocycles. The second kappa shape index (κ2) is 20.3. The maximum absolute atomic E-state index is 2.41. The zero-order valence-electron chi connectivity index (χ0n) is 18.6. The summed E-state index contributed by atoms with van der Waals surface area (Å²) in [4.78, 5) is 0. The second-order valence-corrected chi connectivity index (χ2v) is 9.02. The summed E-state index contributed by atoms with van der Waals surface area (Å²) in [5.74, 6) is 1.78. The van der Waals surface area contributed by atoms with E-state index in [2.05, 4.69) is 27.7 Å². The first-order valence-electron chi connectivity index (χ1n) is 12.2. The van der Waals surface area contributed by atoms with Gasteiger partial charge in [-0.15, -0.1) is 0 Å². The van der Waals surface area contributed by atoms with Crippen LogP contribution >= 0.6 is 0 Å². The lowest BCUT2D eigenvalue weighted by Crippen LogP contribution is -2.03. The van der Waals surface area contributed by atoms with Gasteiger partial charge in [-0.1, -0.05) is 150 Å². The van der Waals surface area contributed by atoms with Crippen LogP contribution in [-0.2, 0) is 0 Å². The van der Waals surface area contributed by atoms with Gasteiger partial charge in [0.1, 0.15) is 0 Å². The van der Waals surface area contributed by atoms with E-state index in [-0.39, 0.29) is 0 Å². The molecule has 25 heavy (non-hydrogen) atoms. The van der Waals surface area contributed by atoms with Crippen LogP contribution in [0.15, 0.2) is 0 Å². The van der Waals surface area contributed by atoms with E-state index in [0.29, 0.717) is 0 Å². The Morgan fingerprint density at radius 3 is 0.960 bits per heavy atom. The van der Waals surface area contributed by atoms with E-state index in [9.17, 15) is 0 Å². The summed E-state index contributed by atoms with van der Waals surface area (Å²) < 4.78 is 0. The fraction of sp³-hybridized carbons (Fsp3) is 1.00. The minimum absolute atomic E-state index is 0.866. The Morgan fingerprint density at radius 2 is 0.680 bits per heavy atom. The number of hydrogen-bond acceptors (Lipinski definition) is 0. The normalized spacial score (nSPS) is 12.8. The van der Waals surface area contributed by atoms with Crippen LogP contribution in [0.25, 0.3) is 0 Å². The van der Waals surface area contributed by atoms with Crippen molar-refractivity contribution in [1.29, 1.82) is 0 Å². The van der Waals surface area contributed by atoms with Crippen LogP contribution in [0.4, 0.5) is 0 Å². The molecule has 0 N–H and O–H groups in total. The van der Waals surface area contributed by atoms with Crippen LogP contribution in [0, 0.1) is 11.8 Å². The van der Waals surface area contributed by atoms with Crippen molar-refractivity contribution in [2.45, 2.75) is 150 Å². The summed E-state index contributed by atoms with van der Waals surface area (Å²) in [5.41, 5.74) is 0. The molecule has 0 radical (unpaired) electrons. The molecule has 0 fully saturated rings. The van der Waals surface area contributed by atoms with Gasteiger partial charge in [-0.05, 0) is 11.8 Å². The van der Waals surface area contributed by atoms with Gasteiger partial charge >= 0.3 is 0 Å². The molecule has 0 saturated carbocycles. The lowest BCUT2D eigenvalue weighted by molar-refractivity contribution is 0.374. The zero-order valence-corrected chi connectivity index (χ0v) is 18.6. The predicted molar refractivity (Wildman–Crippen MR) is 117 cm³/mol. The summed E-state index contributed by atoms with van der Waals surface area (Å²) in [5, 5.41) is 0. The molecule has 0 aromatic rings. The minimum atomic E-state index is 0.866. The van der Waals surface area contributed by atoms with Crippen molar-refractivity contribution >= 4 is 0 Å². The Hall–Kier alpha value is 0. The molecule has 0 aromatic heterocycles. The standard InChI is InChI=1S/C25H52/c1-5-6-7-8-9-10-11-12-13-14-15-16-17-18-19-20-21-22-23-25(4)24(2)3/h24-25H,5-23H2,1-4H3. The highest BCUT2D eigenvalue weighted by molar-refractivity contribution is 4.57. The van der Waals surface area contributed by atoms with Crippen molar-refractivity contribution in [2.24, 2.45) is 11.8 Å². The summed E-state index contributed by atoms with van der Waals surface area (Å²) in [7, 11) is 0. The van der Waals surface area contributed by atoms with E-state index < -0.39 is 0 Å². The lowest BCUT2D eigenvalue weighted by Gasteiger charge is -2.14. The Morgan fingerprint density at radius 1 is 0.400 bits per heavy atom. The highest BCUT2D eigenvalue weighted by Gasteiger charge is 2.05. The Kier molecular flexibility index (Phi) is 20.3. The first-order chi connectivity index (χ1) is 12.2. The SMILES string of the molecule is CCCCCCCCCCCCCCCCCCCCC(C)C(C)C. The minimum Gasteiger partial charge on any atom is -0.0654 e. The molecular weight excluding hydrogens is 300 g/mol. The molecule has 1 unspecified atom stereocenters. The molecule has 0 aromatic carbocycles. The third-order valence-electron chi connectivity index (χ3n) is 6.15. The molecule has 0 saturated heterocycles. The second-order valence-electron chi connectivity index (χ2n) is 9.02. The molecule has 152 valence electrons. The van der Waals surface area contributed by atoms with Gasteiger partial charge in [-0.2, -0.15) is 0 Å². The number of rotatable bonds is 20. The number of hydrogen-bond donors (Lipinski definition) is 0. The van der Waals surface area contributed by atoms with E-state index in [1.165, 1.54) is 122 Å². The molecule has 0 heteroatoms. The highest BCUT2D eigenvalue weighted by Crippen LogP contribution is 2.19. The van der Waals surface area contributed by atoms with Gasteiger partial charge in [-0.25, -0.2) is 0 Å². The van der Waals surface area contributed by atoms with Gasteiger partial charge in [0.05, 0.1) is 0 Å². The van der Waals surface area contributed by atoms with E-state index in [4.69, 9.17) is 0 Å². The highest BCUT2D eigenvalue weighted by atomic mass is 14.1. The molecule has 0 aliphatic rings. The van der Waals surface area contributed by atoms with Gasteiger partial charge in [0.25, 0.3) is 0 Å². The largest absolute Gasteiger partial charge is 0.0654 e. The third kappa shape index (κ3) is 20.2. The van der Waals surface area contributed by atoms with Crippen molar-refractivity contribution < 1.29 is 0 Å². The van der Waals surface area contributed by atoms with Crippen molar-refractivity contribution in [1.82, 2.24) is 0 Å². The molecule has 0 aliphatic heterocycles. The van der Waals surface area contributed by atoms with Crippen LogP contribution < -0.4 is 0 Å². The quantitative estimate of drug-likeness (QED) is 0.191. The summed E-state index contributed by atoms with van der Waals surface area (Å²) in [6, 6.07) is 0. The smallest absolute Gasteiger partial charge is 0.0420 e. The van der Waals surface area contributed by atoms with Crippen LogP contribution in [0.1, 0.15) is 150 Å². The molecule has 0 amide bonds. The van der Waals surface area contributed by atoms with Crippen LogP contribution in [0.2, 0.25) is 0 Å². The summed E-state index contributed by atoms with van der Waals surface area (Å²) in [6.07, 6.45) is 27.9. The van der Waals surface area contributed by atoms with E-state index in [0.717, 1.165) is 11.8 Å². The molecule has 0 rings (SSSR count). The fourth-order valence-corrected chi connectivity index (χ4v) is 3.70. The molecule has 0 spiro atoms. The topological polar surface area (TPSA) is 0 Å². The average Bonchev–Trinajstić information content (AvgIpc) is 2.60. The van der Waals surface area contributed by atoms with Gasteiger partial charge in [0, 0.05) is 0 Å². The van der Waals surface area contributed by atoms with E-state index in [1.54, 1.807) is 0 Å². The van der Waals surface area contributed by atoms with Crippen molar-refractivity contribution in [3.05, 3.63) is 0 Å². The van der Waals surface area contributed by atoms with E-state index >= 15 is 0 Å². The third-order valence-corrected chi connectivity index (χ3v) is 6.15. The van der Waals surface area contributed by atoms with Crippen molar-refractivity contribution in [3.63, 3.8) is 0 Å². The Bertz CT molecular complexity index is 230. The fourth-order valence-electron chi connectivity index (χ4n) is 3.70.